The van der Waals surface area contributed by atoms with Crippen molar-refractivity contribution in [2.24, 2.45) is 5.92 Å². The molecule has 2 heteroatoms. The first kappa shape index (κ1) is 14.5. The smallest absolute Gasteiger partial charge is 0.0226 e. The van der Waals surface area contributed by atoms with Crippen molar-refractivity contribution >= 4 is 11.6 Å². The van der Waals surface area contributed by atoms with Crippen molar-refractivity contribution in [2.75, 3.05) is 19.0 Å². The Hall–Kier alpha value is -0.530. The number of hydrogen-bond acceptors (Lipinski definition) is 1. The van der Waals surface area contributed by atoms with Crippen LogP contribution in [0.1, 0.15) is 31.7 Å². The predicted molar refractivity (Wildman–Crippen MR) is 76.8 cm³/mol. The third-order valence-corrected chi connectivity index (χ3v) is 3.30. The van der Waals surface area contributed by atoms with Gasteiger partial charge in [0.1, 0.15) is 0 Å². The van der Waals surface area contributed by atoms with Crippen LogP contribution in [0.5, 0.6) is 0 Å². The normalized spacial score (nSPS) is 12.6. The number of rotatable bonds is 9. The van der Waals surface area contributed by atoms with Crippen molar-refractivity contribution in [3.63, 3.8) is 0 Å². The van der Waals surface area contributed by atoms with E-state index in [4.69, 9.17) is 11.6 Å². The first-order chi connectivity index (χ1) is 8.36. The van der Waals surface area contributed by atoms with Gasteiger partial charge in [-0.25, -0.2) is 0 Å². The van der Waals surface area contributed by atoms with Crippen LogP contribution in [-0.4, -0.2) is 19.0 Å². The zero-order valence-electron chi connectivity index (χ0n) is 10.8. The summed E-state index contributed by atoms with van der Waals surface area (Å²) in [6.07, 6.45) is 4.78. The molecule has 1 rings (SSSR count). The minimum atomic E-state index is 0.744. The maximum absolute atomic E-state index is 5.81. The Balaban J connectivity index is 2.13. The van der Waals surface area contributed by atoms with Gasteiger partial charge in [-0.2, -0.15) is 0 Å². The molecular formula is C15H24ClN. The van der Waals surface area contributed by atoms with Gasteiger partial charge in [0.15, 0.2) is 0 Å². The maximum Gasteiger partial charge on any atom is 0.0226 e. The molecule has 0 heterocycles. The quantitative estimate of drug-likeness (QED) is 0.521. The Morgan fingerprint density at radius 3 is 2.59 bits per heavy atom. The van der Waals surface area contributed by atoms with Gasteiger partial charge in [-0.1, -0.05) is 43.7 Å². The summed E-state index contributed by atoms with van der Waals surface area (Å²) in [7, 11) is 0. The highest BCUT2D eigenvalue weighted by molar-refractivity contribution is 6.17. The summed E-state index contributed by atoms with van der Waals surface area (Å²) in [4.78, 5) is 0. The molecule has 0 aliphatic rings. The van der Waals surface area contributed by atoms with Crippen LogP contribution in [0.2, 0.25) is 0 Å². The van der Waals surface area contributed by atoms with Gasteiger partial charge in [-0.05, 0) is 43.8 Å². The number of halogens is 1. The molecule has 0 bridgehead atoms. The van der Waals surface area contributed by atoms with Gasteiger partial charge < -0.3 is 5.32 Å². The van der Waals surface area contributed by atoms with E-state index in [0.717, 1.165) is 37.7 Å². The fourth-order valence-electron chi connectivity index (χ4n) is 2.09. The van der Waals surface area contributed by atoms with Crippen LogP contribution in [0.3, 0.4) is 0 Å². The third kappa shape index (κ3) is 6.70. The van der Waals surface area contributed by atoms with E-state index in [1.807, 2.05) is 0 Å². The molecule has 0 aliphatic heterocycles. The Kier molecular flexibility index (Phi) is 8.12. The lowest BCUT2D eigenvalue weighted by Gasteiger charge is -2.15. The van der Waals surface area contributed by atoms with Crippen molar-refractivity contribution in [2.45, 2.75) is 32.6 Å². The zero-order chi connectivity index (χ0) is 12.3. The van der Waals surface area contributed by atoms with Crippen molar-refractivity contribution < 1.29 is 0 Å². The number of hydrogen-bond donors (Lipinski definition) is 1. The Morgan fingerprint density at radius 2 is 1.94 bits per heavy atom. The Labute approximate surface area is 111 Å². The van der Waals surface area contributed by atoms with Crippen molar-refractivity contribution in [1.82, 2.24) is 5.32 Å². The second-order valence-electron chi connectivity index (χ2n) is 4.57. The molecule has 1 aromatic rings. The lowest BCUT2D eigenvalue weighted by molar-refractivity contribution is 0.432. The van der Waals surface area contributed by atoms with Crippen molar-refractivity contribution in [3.8, 4) is 0 Å². The summed E-state index contributed by atoms with van der Waals surface area (Å²) >= 11 is 5.81. The van der Waals surface area contributed by atoms with Gasteiger partial charge in [0.2, 0.25) is 0 Å². The molecule has 96 valence electrons. The van der Waals surface area contributed by atoms with E-state index in [0.29, 0.717) is 0 Å². The van der Waals surface area contributed by atoms with Gasteiger partial charge in [0.25, 0.3) is 0 Å². The average Bonchev–Trinajstić information content (AvgIpc) is 2.36. The molecule has 0 fully saturated rings. The second-order valence-corrected chi connectivity index (χ2v) is 4.95. The van der Waals surface area contributed by atoms with Gasteiger partial charge >= 0.3 is 0 Å². The van der Waals surface area contributed by atoms with Crippen LogP contribution in [0.15, 0.2) is 30.3 Å². The molecule has 1 atom stereocenters. The van der Waals surface area contributed by atoms with E-state index in [-0.39, 0.29) is 0 Å². The van der Waals surface area contributed by atoms with E-state index in [1.54, 1.807) is 0 Å². The SMILES string of the molecule is CCCC(CCCl)CNCCc1ccccc1. The van der Waals surface area contributed by atoms with E-state index < -0.39 is 0 Å². The van der Waals surface area contributed by atoms with Gasteiger partial charge in [0.05, 0.1) is 0 Å². The number of benzene rings is 1. The molecule has 1 N–H and O–H groups in total. The molecule has 1 aromatic carbocycles. The van der Waals surface area contributed by atoms with Gasteiger partial charge in [0, 0.05) is 5.88 Å². The highest BCUT2D eigenvalue weighted by Gasteiger charge is 2.05. The number of nitrogens with one attached hydrogen (secondary N) is 1. The molecule has 17 heavy (non-hydrogen) atoms. The van der Waals surface area contributed by atoms with Gasteiger partial charge in [-0.3, -0.25) is 0 Å². The van der Waals surface area contributed by atoms with Crippen LogP contribution in [0.25, 0.3) is 0 Å². The summed E-state index contributed by atoms with van der Waals surface area (Å²) < 4.78 is 0. The molecule has 1 nitrogen and oxygen atoms in total. The summed E-state index contributed by atoms with van der Waals surface area (Å²) in [5, 5.41) is 3.54. The van der Waals surface area contributed by atoms with E-state index >= 15 is 0 Å². The standard InChI is InChI=1S/C15H24ClN/c1-2-6-15(9-11-16)13-17-12-10-14-7-4-3-5-8-14/h3-5,7-8,15,17H,2,6,9-13H2,1H3. The lowest BCUT2D eigenvalue weighted by atomic mass is 10.0. The minimum absolute atomic E-state index is 0.744. The molecule has 0 saturated heterocycles. The van der Waals surface area contributed by atoms with Gasteiger partial charge in [-0.15, -0.1) is 11.6 Å². The fourth-order valence-corrected chi connectivity index (χ4v) is 2.40. The van der Waals surface area contributed by atoms with Crippen LogP contribution >= 0.6 is 11.6 Å². The second kappa shape index (κ2) is 9.49. The molecule has 1 unspecified atom stereocenters. The maximum atomic E-state index is 5.81. The summed E-state index contributed by atoms with van der Waals surface area (Å²) in [6, 6.07) is 10.6. The van der Waals surface area contributed by atoms with Crippen LogP contribution < -0.4 is 5.32 Å². The first-order valence-electron chi connectivity index (χ1n) is 6.67. The van der Waals surface area contributed by atoms with Crippen LogP contribution in [-0.2, 0) is 6.42 Å². The highest BCUT2D eigenvalue weighted by Crippen LogP contribution is 2.10. The van der Waals surface area contributed by atoms with Crippen molar-refractivity contribution in [3.05, 3.63) is 35.9 Å². The number of alkyl halides is 1. The molecule has 0 saturated carbocycles. The molecular weight excluding hydrogens is 230 g/mol. The third-order valence-electron chi connectivity index (χ3n) is 3.08. The molecule has 0 aliphatic carbocycles. The highest BCUT2D eigenvalue weighted by atomic mass is 35.5. The summed E-state index contributed by atoms with van der Waals surface area (Å²) in [5.41, 5.74) is 1.41. The van der Waals surface area contributed by atoms with E-state index in [1.165, 1.54) is 18.4 Å². The Bertz CT molecular complexity index is 268. The minimum Gasteiger partial charge on any atom is -0.316 e. The molecule has 0 aromatic heterocycles. The van der Waals surface area contributed by atoms with E-state index in [2.05, 4.69) is 42.6 Å². The summed E-state index contributed by atoms with van der Waals surface area (Å²) in [6.45, 7) is 4.41. The predicted octanol–water partition coefficient (Wildman–Crippen LogP) is 3.86. The fraction of sp³-hybridized carbons (Fsp3) is 0.600. The molecule has 0 amide bonds. The molecule has 0 radical (unpaired) electrons. The van der Waals surface area contributed by atoms with Crippen molar-refractivity contribution in [1.29, 1.82) is 0 Å². The molecule has 0 spiro atoms. The zero-order valence-corrected chi connectivity index (χ0v) is 11.5. The summed E-state index contributed by atoms with van der Waals surface area (Å²) in [5.74, 6) is 1.53. The van der Waals surface area contributed by atoms with E-state index in [9.17, 15) is 0 Å². The van der Waals surface area contributed by atoms with Crippen LogP contribution in [0, 0.1) is 5.92 Å². The monoisotopic (exact) mass is 253 g/mol. The van der Waals surface area contributed by atoms with Crippen LogP contribution in [0.4, 0.5) is 0 Å². The first-order valence-corrected chi connectivity index (χ1v) is 7.20. The Morgan fingerprint density at radius 1 is 1.18 bits per heavy atom. The topological polar surface area (TPSA) is 12.0 Å². The average molecular weight is 254 g/mol. The largest absolute Gasteiger partial charge is 0.316 e. The lowest BCUT2D eigenvalue weighted by Crippen LogP contribution is -2.25.